The number of fused-ring (bicyclic) bond motifs is 1. The van der Waals surface area contributed by atoms with Gasteiger partial charge in [-0.3, -0.25) is 14.5 Å². The number of thioether (sulfide) groups is 1. The van der Waals surface area contributed by atoms with Crippen LogP contribution in [0.2, 0.25) is 0 Å². The molecule has 0 aliphatic carbocycles. The van der Waals surface area contributed by atoms with Crippen LogP contribution in [0.5, 0.6) is 5.75 Å². The van der Waals surface area contributed by atoms with Crippen molar-refractivity contribution in [3.05, 3.63) is 70.4 Å². The van der Waals surface area contributed by atoms with Crippen LogP contribution in [0, 0.1) is 13.8 Å². The maximum atomic E-state index is 13.9. The van der Waals surface area contributed by atoms with Crippen LogP contribution in [0.25, 0.3) is 5.69 Å². The SMILES string of the molecule is COc1ccccc1[C@@H]1SCC(=O)N(CC(=O)NC[C@H]2CCCO2)c2c1c(C(C)(C)C)nn2-c1ccc(C)cc1C. The molecule has 218 valence electrons. The second kappa shape index (κ2) is 11.9. The third kappa shape index (κ3) is 6.02. The standard InChI is InChI=1S/C32H40N4O4S/c1-20-13-14-24(21(2)16-20)36-31-28(30(34-36)32(3,4)5)29(23-11-7-8-12-25(23)39-6)41-19-27(38)35(31)18-26(37)33-17-22-10-9-15-40-22/h7-8,11-14,16,22,29H,9-10,15,17-19H2,1-6H3,(H,33,37)/t22-,29+/m1/s1. The smallest absolute Gasteiger partial charge is 0.240 e. The van der Waals surface area contributed by atoms with Gasteiger partial charge in [0, 0.05) is 29.7 Å². The summed E-state index contributed by atoms with van der Waals surface area (Å²) in [5, 5.41) is 8.00. The van der Waals surface area contributed by atoms with Gasteiger partial charge in [-0.25, -0.2) is 4.68 Å². The molecule has 0 bridgehead atoms. The fraction of sp³-hybridized carbons (Fsp3) is 0.469. The van der Waals surface area contributed by atoms with Crippen molar-refractivity contribution < 1.29 is 19.1 Å². The summed E-state index contributed by atoms with van der Waals surface area (Å²) in [5.74, 6) is 1.26. The molecule has 2 amide bonds. The number of methoxy groups -OCH3 is 1. The molecule has 5 rings (SSSR count). The minimum Gasteiger partial charge on any atom is -0.496 e. The van der Waals surface area contributed by atoms with Gasteiger partial charge < -0.3 is 14.8 Å². The van der Waals surface area contributed by atoms with E-state index in [1.807, 2.05) is 28.9 Å². The monoisotopic (exact) mass is 576 g/mol. The lowest BCUT2D eigenvalue weighted by Gasteiger charge is -2.25. The van der Waals surface area contributed by atoms with E-state index in [2.05, 4.69) is 58.1 Å². The Bertz CT molecular complexity index is 1440. The predicted octanol–water partition coefficient (Wildman–Crippen LogP) is 5.26. The molecule has 1 N–H and O–H groups in total. The number of amides is 2. The van der Waals surface area contributed by atoms with E-state index in [1.54, 1.807) is 23.8 Å². The number of aryl methyl sites for hydroxylation is 2. The Morgan fingerprint density at radius 3 is 2.66 bits per heavy atom. The average molecular weight is 577 g/mol. The first-order valence-electron chi connectivity index (χ1n) is 14.2. The van der Waals surface area contributed by atoms with Gasteiger partial charge in [-0.15, -0.1) is 11.8 Å². The van der Waals surface area contributed by atoms with Gasteiger partial charge in [0.25, 0.3) is 0 Å². The molecule has 41 heavy (non-hydrogen) atoms. The Morgan fingerprint density at radius 2 is 1.98 bits per heavy atom. The highest BCUT2D eigenvalue weighted by Crippen LogP contribution is 2.50. The van der Waals surface area contributed by atoms with Crippen molar-refractivity contribution in [2.75, 3.05) is 37.5 Å². The fourth-order valence-electron chi connectivity index (χ4n) is 5.65. The van der Waals surface area contributed by atoms with Gasteiger partial charge >= 0.3 is 0 Å². The largest absolute Gasteiger partial charge is 0.496 e. The molecule has 8 nitrogen and oxygen atoms in total. The number of benzene rings is 2. The second-order valence-corrected chi connectivity index (χ2v) is 13.0. The Labute approximate surface area is 246 Å². The van der Waals surface area contributed by atoms with Crippen LogP contribution in [0.15, 0.2) is 42.5 Å². The van der Waals surface area contributed by atoms with Crippen molar-refractivity contribution in [2.24, 2.45) is 0 Å². The minimum atomic E-state index is -0.337. The van der Waals surface area contributed by atoms with E-state index in [0.717, 1.165) is 58.8 Å². The lowest BCUT2D eigenvalue weighted by molar-refractivity contribution is -0.123. The van der Waals surface area contributed by atoms with Crippen molar-refractivity contribution in [3.63, 3.8) is 0 Å². The molecule has 0 radical (unpaired) electrons. The van der Waals surface area contributed by atoms with Gasteiger partial charge in [0.1, 0.15) is 18.1 Å². The molecular formula is C32H40N4O4S. The molecule has 0 unspecified atom stereocenters. The van der Waals surface area contributed by atoms with Gasteiger partial charge in [0.15, 0.2) is 0 Å². The van der Waals surface area contributed by atoms with Crippen LogP contribution in [0.3, 0.4) is 0 Å². The third-order valence-corrected chi connectivity index (χ3v) is 8.89. The Hall–Kier alpha value is -3.30. The number of hydrogen-bond donors (Lipinski definition) is 1. The summed E-state index contributed by atoms with van der Waals surface area (Å²) in [6, 6.07) is 14.2. The molecule has 1 fully saturated rings. The van der Waals surface area contributed by atoms with Crippen LogP contribution in [-0.2, 0) is 19.7 Å². The number of anilines is 1. The maximum Gasteiger partial charge on any atom is 0.240 e. The van der Waals surface area contributed by atoms with Gasteiger partial charge in [0.05, 0.1) is 35.6 Å². The molecule has 9 heteroatoms. The van der Waals surface area contributed by atoms with E-state index >= 15 is 0 Å². The first kappa shape index (κ1) is 29.2. The summed E-state index contributed by atoms with van der Waals surface area (Å²) in [5.41, 5.74) is 5.52. The van der Waals surface area contributed by atoms with Crippen LogP contribution in [0.4, 0.5) is 5.82 Å². The van der Waals surface area contributed by atoms with Crippen molar-refractivity contribution in [1.82, 2.24) is 15.1 Å². The normalized spacial score (nSPS) is 19.2. The zero-order chi connectivity index (χ0) is 29.3. The average Bonchev–Trinajstić information content (AvgIpc) is 3.57. The summed E-state index contributed by atoms with van der Waals surface area (Å²) in [6.07, 6.45) is 1.95. The Morgan fingerprint density at radius 1 is 1.20 bits per heavy atom. The molecule has 3 aromatic rings. The first-order valence-corrected chi connectivity index (χ1v) is 15.3. The summed E-state index contributed by atoms with van der Waals surface area (Å²) in [7, 11) is 1.67. The zero-order valence-electron chi connectivity index (χ0n) is 24.8. The lowest BCUT2D eigenvalue weighted by Crippen LogP contribution is -2.44. The van der Waals surface area contributed by atoms with Gasteiger partial charge in [-0.2, -0.15) is 5.10 Å². The highest BCUT2D eigenvalue weighted by Gasteiger charge is 2.41. The molecule has 1 saturated heterocycles. The second-order valence-electron chi connectivity index (χ2n) is 11.9. The van der Waals surface area contributed by atoms with Crippen molar-refractivity contribution >= 4 is 29.4 Å². The molecule has 0 spiro atoms. The van der Waals surface area contributed by atoms with E-state index in [1.165, 1.54) is 0 Å². The number of hydrogen-bond acceptors (Lipinski definition) is 6. The van der Waals surface area contributed by atoms with E-state index in [-0.39, 0.29) is 40.9 Å². The number of carbonyl (C=O) groups is 2. The number of nitrogens with zero attached hydrogens (tertiary/aromatic N) is 3. The lowest BCUT2D eigenvalue weighted by atomic mass is 9.87. The quantitative estimate of drug-likeness (QED) is 0.413. The fourth-order valence-corrected chi connectivity index (χ4v) is 6.87. The van der Waals surface area contributed by atoms with Gasteiger partial charge in [-0.05, 0) is 44.4 Å². The van der Waals surface area contributed by atoms with Crippen molar-refractivity contribution in [3.8, 4) is 11.4 Å². The highest BCUT2D eigenvalue weighted by atomic mass is 32.2. The number of rotatable bonds is 7. The number of para-hydroxylation sites is 1. The van der Waals surface area contributed by atoms with Gasteiger partial charge in [0.2, 0.25) is 11.8 Å². The van der Waals surface area contributed by atoms with Crippen LogP contribution in [-0.4, -0.2) is 60.3 Å². The van der Waals surface area contributed by atoms with E-state index in [9.17, 15) is 9.59 Å². The first-order chi connectivity index (χ1) is 19.6. The summed E-state index contributed by atoms with van der Waals surface area (Å²) in [6.45, 7) is 11.6. The number of aromatic nitrogens is 2. The molecule has 1 aromatic heterocycles. The molecule has 3 heterocycles. The van der Waals surface area contributed by atoms with Crippen molar-refractivity contribution in [2.45, 2.75) is 64.2 Å². The molecule has 2 aromatic carbocycles. The van der Waals surface area contributed by atoms with Crippen molar-refractivity contribution in [1.29, 1.82) is 0 Å². The Balaban J connectivity index is 1.69. The van der Waals surface area contributed by atoms with Crippen LogP contribution < -0.4 is 15.0 Å². The summed E-state index contributed by atoms with van der Waals surface area (Å²) in [4.78, 5) is 28.9. The molecule has 2 aliphatic rings. The number of nitrogens with one attached hydrogen (secondary N) is 1. The topological polar surface area (TPSA) is 85.7 Å². The van der Waals surface area contributed by atoms with Crippen LogP contribution >= 0.6 is 11.8 Å². The summed E-state index contributed by atoms with van der Waals surface area (Å²) < 4.78 is 13.4. The number of carbonyl (C=O) groups excluding carboxylic acids is 2. The zero-order valence-corrected chi connectivity index (χ0v) is 25.6. The van der Waals surface area contributed by atoms with E-state index < -0.39 is 0 Å². The highest BCUT2D eigenvalue weighted by molar-refractivity contribution is 8.00. The third-order valence-electron chi connectivity index (χ3n) is 7.65. The minimum absolute atomic E-state index is 0.0213. The molecular weight excluding hydrogens is 536 g/mol. The molecule has 2 atom stereocenters. The molecule has 2 aliphatic heterocycles. The predicted molar refractivity (Wildman–Crippen MR) is 163 cm³/mol. The van der Waals surface area contributed by atoms with Crippen LogP contribution in [0.1, 0.15) is 66.8 Å². The maximum absolute atomic E-state index is 13.9. The molecule has 0 saturated carbocycles. The van der Waals surface area contributed by atoms with E-state index in [4.69, 9.17) is 14.6 Å². The number of ether oxygens (including phenoxy) is 2. The Kier molecular flexibility index (Phi) is 8.47. The van der Waals surface area contributed by atoms with Gasteiger partial charge in [-0.1, -0.05) is 56.7 Å². The summed E-state index contributed by atoms with van der Waals surface area (Å²) >= 11 is 1.55. The van der Waals surface area contributed by atoms with E-state index in [0.29, 0.717) is 12.4 Å².